The zero-order valence-electron chi connectivity index (χ0n) is 11.0. The monoisotopic (exact) mass is 299 g/mol. The maximum Gasteiger partial charge on any atom is 0.391 e. The van der Waals surface area contributed by atoms with Crippen molar-refractivity contribution in [2.45, 2.75) is 25.6 Å². The van der Waals surface area contributed by atoms with Crippen LogP contribution < -0.4 is 5.32 Å². The molecule has 0 bridgehead atoms. The second-order valence-electron chi connectivity index (χ2n) is 4.68. The highest BCUT2D eigenvalue weighted by Crippen LogP contribution is 2.32. The molecule has 0 saturated carbocycles. The normalized spacial score (nSPS) is 13.1. The first kappa shape index (κ1) is 15.0. The van der Waals surface area contributed by atoms with Gasteiger partial charge in [0, 0.05) is 35.6 Å². The molecule has 0 radical (unpaired) electrons. The van der Waals surface area contributed by atoms with E-state index in [-0.39, 0.29) is 5.69 Å². The van der Waals surface area contributed by atoms with Crippen LogP contribution in [0.25, 0.3) is 10.8 Å². The summed E-state index contributed by atoms with van der Waals surface area (Å²) in [6, 6.07) is 3.28. The Balaban J connectivity index is 2.38. The molecule has 0 aliphatic rings. The van der Waals surface area contributed by atoms with Crippen molar-refractivity contribution in [1.29, 1.82) is 0 Å². The SMILES string of the molecule is CC(CC(F)(F)F)Nc1ccc([N+](=O)[O-])c2ccncc12. The van der Waals surface area contributed by atoms with E-state index in [0.717, 1.165) is 0 Å². The molecule has 0 aliphatic heterocycles. The molecule has 1 aromatic carbocycles. The molecule has 2 rings (SSSR count). The number of hydrogen-bond acceptors (Lipinski definition) is 4. The molecule has 21 heavy (non-hydrogen) atoms. The third kappa shape index (κ3) is 3.59. The number of nitrogens with zero attached hydrogens (tertiary/aromatic N) is 2. The Labute approximate surface area is 117 Å². The molecular weight excluding hydrogens is 287 g/mol. The lowest BCUT2D eigenvalue weighted by atomic mass is 10.1. The van der Waals surface area contributed by atoms with Gasteiger partial charge in [-0.25, -0.2) is 0 Å². The van der Waals surface area contributed by atoms with E-state index < -0.39 is 23.6 Å². The van der Waals surface area contributed by atoms with Crippen molar-refractivity contribution >= 4 is 22.1 Å². The quantitative estimate of drug-likeness (QED) is 0.687. The van der Waals surface area contributed by atoms with Gasteiger partial charge in [0.1, 0.15) is 0 Å². The molecule has 0 saturated heterocycles. The van der Waals surface area contributed by atoms with E-state index in [1.54, 1.807) is 0 Å². The molecule has 0 aliphatic carbocycles. The summed E-state index contributed by atoms with van der Waals surface area (Å²) in [6.07, 6.45) is -2.48. The van der Waals surface area contributed by atoms with E-state index >= 15 is 0 Å². The molecule has 0 amide bonds. The van der Waals surface area contributed by atoms with Gasteiger partial charge in [-0.2, -0.15) is 13.2 Å². The van der Waals surface area contributed by atoms with Crippen molar-refractivity contribution in [2.24, 2.45) is 0 Å². The number of hydrogen-bond donors (Lipinski definition) is 1. The lowest BCUT2D eigenvalue weighted by molar-refractivity contribution is -0.383. The second kappa shape index (κ2) is 5.55. The van der Waals surface area contributed by atoms with E-state index in [1.165, 1.54) is 37.5 Å². The van der Waals surface area contributed by atoms with Crippen molar-refractivity contribution in [3.8, 4) is 0 Å². The largest absolute Gasteiger partial charge is 0.391 e. The summed E-state index contributed by atoms with van der Waals surface area (Å²) in [4.78, 5) is 14.3. The predicted octanol–water partition coefficient (Wildman–Crippen LogP) is 3.90. The molecule has 2 aromatic rings. The van der Waals surface area contributed by atoms with Gasteiger partial charge in [0.05, 0.1) is 16.7 Å². The maximum atomic E-state index is 12.4. The Hall–Kier alpha value is -2.38. The van der Waals surface area contributed by atoms with Crippen LogP contribution in [0, 0.1) is 10.1 Å². The molecule has 1 aromatic heterocycles. The summed E-state index contributed by atoms with van der Waals surface area (Å²) in [6.45, 7) is 1.40. The molecule has 1 unspecified atom stereocenters. The molecule has 112 valence electrons. The van der Waals surface area contributed by atoms with Gasteiger partial charge in [0.15, 0.2) is 0 Å². The Morgan fingerprint density at radius 1 is 1.33 bits per heavy atom. The molecular formula is C13H12F3N3O2. The number of nitro benzene ring substituents is 1. The highest BCUT2D eigenvalue weighted by Gasteiger charge is 2.30. The third-order valence-corrected chi connectivity index (χ3v) is 2.93. The molecule has 1 N–H and O–H groups in total. The zero-order valence-corrected chi connectivity index (χ0v) is 11.0. The minimum atomic E-state index is -4.28. The first-order valence-corrected chi connectivity index (χ1v) is 6.12. The van der Waals surface area contributed by atoms with Gasteiger partial charge < -0.3 is 5.32 Å². The number of aromatic nitrogens is 1. The summed E-state index contributed by atoms with van der Waals surface area (Å²) in [5.74, 6) is 0. The van der Waals surface area contributed by atoms with Crippen LogP contribution in [0.2, 0.25) is 0 Å². The molecule has 1 atom stereocenters. The standard InChI is InChI=1S/C13H12F3N3O2/c1-8(6-13(14,15)16)18-11-2-3-12(19(20)21)9-4-5-17-7-10(9)11/h2-5,7-8,18H,6H2,1H3. The fourth-order valence-electron chi connectivity index (χ4n) is 2.12. The van der Waals surface area contributed by atoms with E-state index in [0.29, 0.717) is 16.5 Å². The number of rotatable bonds is 4. The van der Waals surface area contributed by atoms with Gasteiger partial charge in [-0.05, 0) is 19.1 Å². The summed E-state index contributed by atoms with van der Waals surface area (Å²) < 4.78 is 37.1. The first-order valence-electron chi connectivity index (χ1n) is 6.12. The third-order valence-electron chi connectivity index (χ3n) is 2.93. The fourth-order valence-corrected chi connectivity index (χ4v) is 2.12. The fraction of sp³-hybridized carbons (Fsp3) is 0.308. The van der Waals surface area contributed by atoms with E-state index in [9.17, 15) is 23.3 Å². The number of pyridine rings is 1. The van der Waals surface area contributed by atoms with Crippen LogP contribution in [0.1, 0.15) is 13.3 Å². The van der Waals surface area contributed by atoms with Gasteiger partial charge >= 0.3 is 6.18 Å². The van der Waals surface area contributed by atoms with Crippen molar-refractivity contribution < 1.29 is 18.1 Å². The molecule has 0 spiro atoms. The van der Waals surface area contributed by atoms with Gasteiger partial charge in [-0.1, -0.05) is 0 Å². The average Bonchev–Trinajstić information content (AvgIpc) is 2.36. The summed E-state index contributed by atoms with van der Waals surface area (Å²) in [5.41, 5.74) is 0.280. The lowest BCUT2D eigenvalue weighted by Crippen LogP contribution is -2.23. The Bertz CT molecular complexity index is 673. The van der Waals surface area contributed by atoms with Crippen LogP contribution in [0.4, 0.5) is 24.5 Å². The Kier molecular flexibility index (Phi) is 3.97. The van der Waals surface area contributed by atoms with Crippen LogP contribution in [-0.4, -0.2) is 22.1 Å². The van der Waals surface area contributed by atoms with Crippen LogP contribution in [-0.2, 0) is 0 Å². The van der Waals surface area contributed by atoms with Crippen molar-refractivity contribution in [3.05, 3.63) is 40.7 Å². The molecule has 8 heteroatoms. The topological polar surface area (TPSA) is 68.1 Å². The van der Waals surface area contributed by atoms with Crippen LogP contribution >= 0.6 is 0 Å². The lowest BCUT2D eigenvalue weighted by Gasteiger charge is -2.18. The summed E-state index contributed by atoms with van der Waals surface area (Å²) >= 11 is 0. The van der Waals surface area contributed by atoms with Gasteiger partial charge in [-0.15, -0.1) is 0 Å². The smallest absolute Gasteiger partial charge is 0.382 e. The van der Waals surface area contributed by atoms with E-state index in [4.69, 9.17) is 0 Å². The number of nitrogens with one attached hydrogen (secondary N) is 1. The van der Waals surface area contributed by atoms with Gasteiger partial charge in [0.2, 0.25) is 0 Å². The predicted molar refractivity (Wildman–Crippen MR) is 72.2 cm³/mol. The van der Waals surface area contributed by atoms with Crippen LogP contribution in [0.3, 0.4) is 0 Å². The van der Waals surface area contributed by atoms with Crippen LogP contribution in [0.15, 0.2) is 30.6 Å². The number of benzene rings is 1. The van der Waals surface area contributed by atoms with E-state index in [2.05, 4.69) is 10.3 Å². The van der Waals surface area contributed by atoms with Crippen molar-refractivity contribution in [2.75, 3.05) is 5.32 Å². The highest BCUT2D eigenvalue weighted by molar-refractivity contribution is 5.99. The number of non-ortho nitro benzene ring substituents is 1. The minimum absolute atomic E-state index is 0.110. The van der Waals surface area contributed by atoms with Crippen LogP contribution in [0.5, 0.6) is 0 Å². The average molecular weight is 299 g/mol. The molecule has 5 nitrogen and oxygen atoms in total. The number of anilines is 1. The number of fused-ring (bicyclic) bond motifs is 1. The minimum Gasteiger partial charge on any atom is -0.382 e. The first-order chi connectivity index (χ1) is 9.78. The molecule has 0 fully saturated rings. The van der Waals surface area contributed by atoms with Gasteiger partial charge in [0.25, 0.3) is 5.69 Å². The number of halogens is 3. The summed E-state index contributed by atoms with van der Waals surface area (Å²) in [7, 11) is 0. The highest BCUT2D eigenvalue weighted by atomic mass is 19.4. The number of nitro groups is 1. The van der Waals surface area contributed by atoms with E-state index in [1.807, 2.05) is 0 Å². The van der Waals surface area contributed by atoms with Crippen molar-refractivity contribution in [3.63, 3.8) is 0 Å². The zero-order chi connectivity index (χ0) is 15.6. The molecule has 1 heterocycles. The second-order valence-corrected chi connectivity index (χ2v) is 4.68. The maximum absolute atomic E-state index is 12.4. The Morgan fingerprint density at radius 3 is 2.67 bits per heavy atom. The van der Waals surface area contributed by atoms with Gasteiger partial charge in [-0.3, -0.25) is 15.1 Å². The summed E-state index contributed by atoms with van der Waals surface area (Å²) in [5, 5.41) is 14.4. The Morgan fingerprint density at radius 2 is 2.05 bits per heavy atom. The van der Waals surface area contributed by atoms with Crippen molar-refractivity contribution in [1.82, 2.24) is 4.98 Å². The number of alkyl halides is 3.